The monoisotopic (exact) mass is 795 g/mol. The lowest BCUT2D eigenvalue weighted by Crippen LogP contribution is -2.10. The van der Waals surface area contributed by atoms with Gasteiger partial charge >= 0.3 is 0 Å². The van der Waals surface area contributed by atoms with E-state index in [4.69, 9.17) is 4.42 Å². The van der Waals surface area contributed by atoms with E-state index in [1.54, 1.807) is 0 Å². The van der Waals surface area contributed by atoms with Crippen molar-refractivity contribution in [1.29, 1.82) is 0 Å². The minimum Gasteiger partial charge on any atom is -0.456 e. The standard InChI is InChI=1S/C58H37NOS/c1-2-12-40-33-44(26-25-38(40)11-1)43-15-9-18-49(36-43)59(47-30-27-39(28-31-47)45-29-32-56-54(37-45)51-19-3-5-23-55(51)60-56)48-17-8-14-42(35-48)41-13-7-16-46(34-41)50-21-10-22-53-52-20-4-6-24-57(52)61-58(50)53/h1-37H. The molecule has 0 aliphatic heterocycles. The van der Waals surface area contributed by atoms with Crippen molar-refractivity contribution in [2.24, 2.45) is 0 Å². The molecule has 2 nitrogen and oxygen atoms in total. The van der Waals surface area contributed by atoms with Crippen LogP contribution >= 0.6 is 11.3 Å². The third-order valence-electron chi connectivity index (χ3n) is 12.0. The zero-order valence-corrected chi connectivity index (χ0v) is 33.9. The maximum absolute atomic E-state index is 6.15. The number of thiophene rings is 1. The van der Waals surface area contributed by atoms with Crippen molar-refractivity contribution in [1.82, 2.24) is 0 Å². The highest BCUT2D eigenvalue weighted by Gasteiger charge is 2.17. The normalized spacial score (nSPS) is 11.6. The molecule has 0 bridgehead atoms. The van der Waals surface area contributed by atoms with Gasteiger partial charge in [-0.15, -0.1) is 11.3 Å². The molecule has 0 unspecified atom stereocenters. The van der Waals surface area contributed by atoms with E-state index in [9.17, 15) is 0 Å². The second kappa shape index (κ2) is 14.5. The summed E-state index contributed by atoms with van der Waals surface area (Å²) in [4.78, 5) is 2.38. The summed E-state index contributed by atoms with van der Waals surface area (Å²) >= 11 is 1.88. The van der Waals surface area contributed by atoms with Gasteiger partial charge in [0.25, 0.3) is 0 Å². The molecule has 61 heavy (non-hydrogen) atoms. The van der Waals surface area contributed by atoms with Crippen LogP contribution in [0.15, 0.2) is 229 Å². The third kappa shape index (κ3) is 6.26. The molecule has 3 heteroatoms. The number of rotatable bonds is 7. The van der Waals surface area contributed by atoms with Crippen LogP contribution in [0.5, 0.6) is 0 Å². The van der Waals surface area contributed by atoms with Gasteiger partial charge in [0.15, 0.2) is 0 Å². The molecule has 12 rings (SSSR count). The molecule has 0 aliphatic rings. The van der Waals surface area contributed by atoms with Crippen LogP contribution < -0.4 is 4.90 Å². The van der Waals surface area contributed by atoms with Crippen molar-refractivity contribution >= 4 is 81.3 Å². The van der Waals surface area contributed by atoms with E-state index in [1.165, 1.54) is 58.8 Å². The average Bonchev–Trinajstić information content (AvgIpc) is 3.90. The highest BCUT2D eigenvalue weighted by Crippen LogP contribution is 2.43. The maximum Gasteiger partial charge on any atom is 0.135 e. The number of furan rings is 1. The number of hydrogen-bond donors (Lipinski definition) is 0. The molecule has 12 aromatic rings. The molecular weight excluding hydrogens is 759 g/mol. The Hall–Kier alpha value is -7.72. The lowest BCUT2D eigenvalue weighted by Gasteiger charge is -2.27. The van der Waals surface area contributed by atoms with Gasteiger partial charge in [-0.25, -0.2) is 0 Å². The van der Waals surface area contributed by atoms with E-state index in [1.807, 2.05) is 23.5 Å². The first-order chi connectivity index (χ1) is 30.2. The molecule has 0 saturated carbocycles. The fraction of sp³-hybridized carbons (Fsp3) is 0. The minimum absolute atomic E-state index is 0.904. The van der Waals surface area contributed by atoms with E-state index in [2.05, 4.69) is 217 Å². The maximum atomic E-state index is 6.15. The number of fused-ring (bicyclic) bond motifs is 7. The predicted octanol–water partition coefficient (Wildman–Crippen LogP) is 17.2. The van der Waals surface area contributed by atoms with Crippen LogP contribution in [0, 0.1) is 0 Å². The summed E-state index contributed by atoms with van der Waals surface area (Å²) in [5.74, 6) is 0. The van der Waals surface area contributed by atoms with E-state index >= 15 is 0 Å². The zero-order chi connectivity index (χ0) is 40.3. The first-order valence-electron chi connectivity index (χ1n) is 20.7. The molecule has 0 radical (unpaired) electrons. The largest absolute Gasteiger partial charge is 0.456 e. The van der Waals surface area contributed by atoms with E-state index in [0.29, 0.717) is 0 Å². The van der Waals surface area contributed by atoms with Crippen LogP contribution in [0.1, 0.15) is 0 Å². The fourth-order valence-corrected chi connectivity index (χ4v) is 10.3. The highest BCUT2D eigenvalue weighted by atomic mass is 32.1. The summed E-state index contributed by atoms with van der Waals surface area (Å²) in [7, 11) is 0. The van der Waals surface area contributed by atoms with Crippen molar-refractivity contribution in [2.45, 2.75) is 0 Å². The van der Waals surface area contributed by atoms with Crippen molar-refractivity contribution in [3.8, 4) is 44.5 Å². The van der Waals surface area contributed by atoms with Gasteiger partial charge < -0.3 is 9.32 Å². The first kappa shape index (κ1) is 35.2. The zero-order valence-electron chi connectivity index (χ0n) is 33.1. The lowest BCUT2D eigenvalue weighted by atomic mass is 9.97. The number of benzene rings is 10. The molecular formula is C58H37NOS. The Balaban J connectivity index is 0.958. The Morgan fingerprint density at radius 3 is 1.70 bits per heavy atom. The van der Waals surface area contributed by atoms with Crippen molar-refractivity contribution < 1.29 is 4.42 Å². The summed E-state index contributed by atoms with van der Waals surface area (Å²) in [6, 6.07) is 81.3. The fourth-order valence-electron chi connectivity index (χ4n) is 9.01. The third-order valence-corrected chi connectivity index (χ3v) is 13.3. The summed E-state index contributed by atoms with van der Waals surface area (Å²) in [6.45, 7) is 0. The Kier molecular flexibility index (Phi) is 8.39. The highest BCUT2D eigenvalue weighted by molar-refractivity contribution is 7.26. The number of nitrogens with zero attached hydrogens (tertiary/aromatic N) is 1. The van der Waals surface area contributed by atoms with Crippen LogP contribution in [0.25, 0.3) is 97.4 Å². The Bertz CT molecular complexity index is 3610. The van der Waals surface area contributed by atoms with Crippen molar-refractivity contribution in [3.63, 3.8) is 0 Å². The average molecular weight is 796 g/mol. The van der Waals surface area contributed by atoms with Gasteiger partial charge in [0.05, 0.1) is 0 Å². The topological polar surface area (TPSA) is 16.4 Å². The predicted molar refractivity (Wildman–Crippen MR) is 261 cm³/mol. The quantitative estimate of drug-likeness (QED) is 0.160. The van der Waals surface area contributed by atoms with Crippen molar-refractivity contribution in [3.05, 3.63) is 224 Å². The molecule has 0 atom stereocenters. The first-order valence-corrected chi connectivity index (χ1v) is 21.5. The molecule has 0 saturated heterocycles. The summed E-state index contributed by atoms with van der Waals surface area (Å²) in [6.07, 6.45) is 0. The Labute approximate surface area is 357 Å². The van der Waals surface area contributed by atoms with E-state index in [-0.39, 0.29) is 0 Å². The van der Waals surface area contributed by atoms with E-state index in [0.717, 1.165) is 55.7 Å². The molecule has 10 aromatic carbocycles. The van der Waals surface area contributed by atoms with Crippen LogP contribution in [0.2, 0.25) is 0 Å². The Morgan fingerprint density at radius 1 is 0.311 bits per heavy atom. The Morgan fingerprint density at radius 2 is 0.885 bits per heavy atom. The second-order valence-electron chi connectivity index (χ2n) is 15.7. The van der Waals surface area contributed by atoms with Crippen molar-refractivity contribution in [2.75, 3.05) is 4.90 Å². The van der Waals surface area contributed by atoms with Gasteiger partial charge in [-0.2, -0.15) is 0 Å². The number of hydrogen-bond acceptors (Lipinski definition) is 3. The van der Waals surface area contributed by atoms with Gasteiger partial charge in [0.1, 0.15) is 11.2 Å². The molecule has 0 aliphatic carbocycles. The van der Waals surface area contributed by atoms with Gasteiger partial charge in [-0.1, -0.05) is 152 Å². The number of para-hydroxylation sites is 1. The molecule has 0 spiro atoms. The summed E-state index contributed by atoms with van der Waals surface area (Å²) in [5, 5.41) is 7.37. The summed E-state index contributed by atoms with van der Waals surface area (Å²) < 4.78 is 8.79. The van der Waals surface area contributed by atoms with Gasteiger partial charge in [0.2, 0.25) is 0 Å². The van der Waals surface area contributed by atoms with Gasteiger partial charge in [-0.3, -0.25) is 0 Å². The van der Waals surface area contributed by atoms with Crippen LogP contribution in [-0.2, 0) is 0 Å². The van der Waals surface area contributed by atoms with Gasteiger partial charge in [-0.05, 0) is 128 Å². The SMILES string of the molecule is c1cc(-c2cccc(N(c3ccc(-c4ccc5oc6ccccc6c5c4)cc3)c3cccc(-c4ccc5ccccc5c4)c3)c2)cc(-c2cccc3c2sc2ccccc23)c1. The summed E-state index contributed by atoms with van der Waals surface area (Å²) in [5.41, 5.74) is 14.6. The van der Waals surface area contributed by atoms with Crippen LogP contribution in [0.3, 0.4) is 0 Å². The molecule has 0 amide bonds. The molecule has 2 heterocycles. The number of anilines is 3. The second-order valence-corrected chi connectivity index (χ2v) is 16.8. The minimum atomic E-state index is 0.904. The molecule has 2 aromatic heterocycles. The van der Waals surface area contributed by atoms with Gasteiger partial charge in [0, 0.05) is 48.0 Å². The molecule has 286 valence electrons. The van der Waals surface area contributed by atoms with E-state index < -0.39 is 0 Å². The molecule has 0 N–H and O–H groups in total. The smallest absolute Gasteiger partial charge is 0.135 e. The molecule has 0 fully saturated rings. The lowest BCUT2D eigenvalue weighted by molar-refractivity contribution is 0.669. The van der Waals surface area contributed by atoms with Crippen LogP contribution in [0.4, 0.5) is 17.1 Å². The van der Waals surface area contributed by atoms with Crippen LogP contribution in [-0.4, -0.2) is 0 Å².